The van der Waals surface area contributed by atoms with Crippen molar-refractivity contribution in [1.29, 1.82) is 0 Å². The quantitative estimate of drug-likeness (QED) is 0.534. The number of rotatable bonds is 3. The van der Waals surface area contributed by atoms with Crippen molar-refractivity contribution >= 4 is 39.8 Å². The van der Waals surface area contributed by atoms with E-state index in [1.54, 1.807) is 22.9 Å². The summed E-state index contributed by atoms with van der Waals surface area (Å²) in [5.74, 6) is 0.132. The molecule has 0 spiro atoms. The molecular weight excluding hydrogens is 369 g/mol. The summed E-state index contributed by atoms with van der Waals surface area (Å²) >= 11 is 6.23. The molecule has 0 radical (unpaired) electrons. The maximum atomic E-state index is 12.2. The lowest BCUT2D eigenvalue weighted by atomic mass is 10.2. The fourth-order valence-electron chi connectivity index (χ4n) is 2.60. The number of anilines is 2. The first-order valence-electron chi connectivity index (χ1n) is 7.45. The van der Waals surface area contributed by atoms with Crippen molar-refractivity contribution in [1.82, 2.24) is 14.4 Å². The Morgan fingerprint density at radius 1 is 1.08 bits per heavy atom. The summed E-state index contributed by atoms with van der Waals surface area (Å²) in [4.78, 5) is 8.84. The number of nitrogens with one attached hydrogen (secondary N) is 1. The second kappa shape index (κ2) is 6.06. The van der Waals surface area contributed by atoms with Crippen molar-refractivity contribution in [2.45, 2.75) is 6.36 Å². The molecular formula is C17H10ClF3N4O. The van der Waals surface area contributed by atoms with Gasteiger partial charge < -0.3 is 10.1 Å². The van der Waals surface area contributed by atoms with Crippen LogP contribution in [0.1, 0.15) is 0 Å². The number of benzene rings is 2. The van der Waals surface area contributed by atoms with Crippen molar-refractivity contribution in [3.63, 3.8) is 0 Å². The van der Waals surface area contributed by atoms with E-state index in [2.05, 4.69) is 20.0 Å². The summed E-state index contributed by atoms with van der Waals surface area (Å²) in [5, 5.41) is 4.33. The lowest BCUT2D eigenvalue weighted by Gasteiger charge is -2.12. The summed E-state index contributed by atoms with van der Waals surface area (Å²) in [5.41, 5.74) is 1.78. The highest BCUT2D eigenvalue weighted by Gasteiger charge is 2.30. The average Bonchev–Trinajstić information content (AvgIpc) is 3.07. The minimum Gasteiger partial charge on any atom is -0.406 e. The van der Waals surface area contributed by atoms with Gasteiger partial charge >= 0.3 is 6.36 Å². The number of aromatic nitrogens is 3. The van der Waals surface area contributed by atoms with Crippen LogP contribution >= 0.6 is 11.6 Å². The maximum Gasteiger partial charge on any atom is 0.573 e. The van der Waals surface area contributed by atoms with Gasteiger partial charge in [-0.25, -0.2) is 9.97 Å². The molecule has 0 aliphatic carbocycles. The molecule has 0 atom stereocenters. The normalized spacial score (nSPS) is 11.8. The zero-order valence-corrected chi connectivity index (χ0v) is 13.7. The van der Waals surface area contributed by atoms with Crippen LogP contribution in [0.4, 0.5) is 24.8 Å². The van der Waals surface area contributed by atoms with Crippen LogP contribution in [-0.4, -0.2) is 20.7 Å². The monoisotopic (exact) mass is 378 g/mol. The molecule has 5 nitrogen and oxygen atoms in total. The Morgan fingerprint density at radius 3 is 2.58 bits per heavy atom. The lowest BCUT2D eigenvalue weighted by Crippen LogP contribution is -2.17. The van der Waals surface area contributed by atoms with E-state index in [0.717, 1.165) is 5.39 Å². The van der Waals surface area contributed by atoms with Gasteiger partial charge in [-0.1, -0.05) is 17.7 Å². The molecule has 0 saturated carbocycles. The first-order chi connectivity index (χ1) is 12.4. The Labute approximate surface area is 150 Å². The molecule has 132 valence electrons. The number of halogens is 4. The first kappa shape index (κ1) is 16.5. The third-order valence-electron chi connectivity index (χ3n) is 3.66. The Bertz CT molecular complexity index is 1090. The zero-order valence-electron chi connectivity index (χ0n) is 13.0. The van der Waals surface area contributed by atoms with E-state index >= 15 is 0 Å². The number of imidazole rings is 1. The van der Waals surface area contributed by atoms with E-state index in [9.17, 15) is 13.2 Å². The zero-order chi connectivity index (χ0) is 18.3. The smallest absolute Gasteiger partial charge is 0.406 e. The Kier molecular flexibility index (Phi) is 3.84. The predicted octanol–water partition coefficient (Wildman–Crippen LogP) is 5.18. The molecule has 2 aromatic heterocycles. The summed E-state index contributed by atoms with van der Waals surface area (Å²) in [7, 11) is 0. The fraction of sp³-hybridized carbons (Fsp3) is 0.0588. The Hall–Kier alpha value is -3.00. The molecule has 0 bridgehead atoms. The van der Waals surface area contributed by atoms with Gasteiger partial charge in [-0.15, -0.1) is 13.2 Å². The molecule has 9 heteroatoms. The van der Waals surface area contributed by atoms with Gasteiger partial charge in [0.1, 0.15) is 11.4 Å². The standard InChI is InChI=1S/C17H10ClF3N4O/c18-13-3-1-2-12-14(13)24-16(25-9-8-22-15(12)25)23-10-4-6-11(7-5-10)26-17(19,20)21/h1-9H,(H,23,24). The molecule has 0 aliphatic heterocycles. The van der Waals surface area contributed by atoms with Crippen molar-refractivity contribution in [2.75, 3.05) is 5.32 Å². The Morgan fingerprint density at radius 2 is 1.85 bits per heavy atom. The van der Waals surface area contributed by atoms with Crippen molar-refractivity contribution in [3.05, 3.63) is 59.9 Å². The van der Waals surface area contributed by atoms with Crippen LogP contribution in [0, 0.1) is 0 Å². The van der Waals surface area contributed by atoms with Crippen LogP contribution < -0.4 is 10.1 Å². The van der Waals surface area contributed by atoms with Crippen molar-refractivity contribution in [2.24, 2.45) is 0 Å². The number of para-hydroxylation sites is 1. The van der Waals surface area contributed by atoms with Crippen LogP contribution in [0.3, 0.4) is 0 Å². The van der Waals surface area contributed by atoms with E-state index in [4.69, 9.17) is 11.6 Å². The minimum atomic E-state index is -4.73. The second-order valence-corrected chi connectivity index (χ2v) is 5.80. The molecule has 0 amide bonds. The molecule has 2 heterocycles. The predicted molar refractivity (Wildman–Crippen MR) is 91.9 cm³/mol. The van der Waals surface area contributed by atoms with Gasteiger partial charge in [0.25, 0.3) is 0 Å². The number of alkyl halides is 3. The SMILES string of the molecule is FC(F)(F)Oc1ccc(Nc2nc3c(Cl)cccc3c3nccn23)cc1. The van der Waals surface area contributed by atoms with E-state index < -0.39 is 6.36 Å². The number of fused-ring (bicyclic) bond motifs is 3. The number of ether oxygens (including phenoxy) is 1. The third-order valence-corrected chi connectivity index (χ3v) is 3.96. The average molecular weight is 379 g/mol. The van der Waals surface area contributed by atoms with Crippen LogP contribution in [0.2, 0.25) is 5.02 Å². The minimum absolute atomic E-state index is 0.301. The largest absolute Gasteiger partial charge is 0.573 e. The van der Waals surface area contributed by atoms with Gasteiger partial charge in [0.05, 0.1) is 10.5 Å². The lowest BCUT2D eigenvalue weighted by molar-refractivity contribution is -0.274. The van der Waals surface area contributed by atoms with Crippen LogP contribution in [0.25, 0.3) is 16.6 Å². The Balaban J connectivity index is 1.72. The van der Waals surface area contributed by atoms with Gasteiger partial charge in [0.2, 0.25) is 5.95 Å². The van der Waals surface area contributed by atoms with E-state index in [-0.39, 0.29) is 5.75 Å². The van der Waals surface area contributed by atoms with Crippen molar-refractivity contribution in [3.8, 4) is 5.75 Å². The molecule has 0 fully saturated rings. The highest BCUT2D eigenvalue weighted by atomic mass is 35.5. The van der Waals surface area contributed by atoms with Gasteiger partial charge in [-0.2, -0.15) is 0 Å². The summed E-state index contributed by atoms with van der Waals surface area (Å²) in [6.45, 7) is 0. The van der Waals surface area contributed by atoms with Crippen LogP contribution in [0.15, 0.2) is 54.9 Å². The molecule has 4 aromatic rings. The molecule has 26 heavy (non-hydrogen) atoms. The van der Waals surface area contributed by atoms with Crippen LogP contribution in [0.5, 0.6) is 5.75 Å². The second-order valence-electron chi connectivity index (χ2n) is 5.39. The summed E-state index contributed by atoms with van der Waals surface area (Å²) < 4.78 is 42.3. The van der Waals surface area contributed by atoms with Gasteiger partial charge in [0.15, 0.2) is 0 Å². The fourth-order valence-corrected chi connectivity index (χ4v) is 2.82. The highest BCUT2D eigenvalue weighted by Crippen LogP contribution is 2.29. The molecule has 0 saturated heterocycles. The van der Waals surface area contributed by atoms with E-state index in [1.807, 2.05) is 12.1 Å². The molecule has 2 aromatic carbocycles. The number of hydrogen-bond donors (Lipinski definition) is 1. The number of nitrogens with zero attached hydrogens (tertiary/aromatic N) is 3. The third kappa shape index (κ3) is 3.11. The van der Waals surface area contributed by atoms with Crippen molar-refractivity contribution < 1.29 is 17.9 Å². The van der Waals surface area contributed by atoms with E-state index in [0.29, 0.717) is 27.8 Å². The van der Waals surface area contributed by atoms with Crippen LogP contribution in [-0.2, 0) is 0 Å². The van der Waals surface area contributed by atoms with Gasteiger partial charge in [-0.3, -0.25) is 4.40 Å². The topological polar surface area (TPSA) is 51.5 Å². The first-order valence-corrected chi connectivity index (χ1v) is 7.83. The molecule has 1 N–H and O–H groups in total. The molecule has 4 rings (SSSR count). The molecule has 0 aliphatic rings. The molecule has 0 unspecified atom stereocenters. The summed E-state index contributed by atoms with van der Waals surface area (Å²) in [6.07, 6.45) is -1.37. The highest BCUT2D eigenvalue weighted by molar-refractivity contribution is 6.35. The number of hydrogen-bond acceptors (Lipinski definition) is 4. The van der Waals surface area contributed by atoms with E-state index in [1.165, 1.54) is 24.3 Å². The maximum absolute atomic E-state index is 12.2. The summed E-state index contributed by atoms with van der Waals surface area (Å²) in [6, 6.07) is 10.8. The van der Waals surface area contributed by atoms with Gasteiger partial charge in [0, 0.05) is 23.5 Å². The van der Waals surface area contributed by atoms with Gasteiger partial charge in [-0.05, 0) is 36.4 Å².